The van der Waals surface area contributed by atoms with Crippen molar-refractivity contribution in [1.29, 1.82) is 0 Å². The highest BCUT2D eigenvalue weighted by Gasteiger charge is 2.33. The lowest BCUT2D eigenvalue weighted by Gasteiger charge is -2.23. The van der Waals surface area contributed by atoms with Gasteiger partial charge in [0.05, 0.1) is 0 Å². The maximum Gasteiger partial charge on any atom is 0.313 e. The molecule has 1 atom stereocenters. The topological polar surface area (TPSA) is 46.5 Å². The average molecular weight is 301 g/mol. The summed E-state index contributed by atoms with van der Waals surface area (Å²) in [6.45, 7) is 5.74. The highest BCUT2D eigenvalue weighted by molar-refractivity contribution is 9.09. The first-order valence-corrected chi connectivity index (χ1v) is 6.50. The largest absolute Gasteiger partial charge is 0.492 e. The second-order valence-corrected chi connectivity index (χ2v) is 5.12. The monoisotopic (exact) mass is 300 g/mol. The second kappa shape index (κ2) is 5.54. The van der Waals surface area contributed by atoms with Gasteiger partial charge in [-0.2, -0.15) is 0 Å². The van der Waals surface area contributed by atoms with E-state index < -0.39 is 11.4 Å². The number of aryl methyl sites for hydroxylation is 2. The zero-order chi connectivity index (χ0) is 13.1. The van der Waals surface area contributed by atoms with Crippen LogP contribution in [0.3, 0.4) is 0 Å². The van der Waals surface area contributed by atoms with Crippen LogP contribution in [0.2, 0.25) is 0 Å². The van der Waals surface area contributed by atoms with Crippen molar-refractivity contribution in [2.75, 3.05) is 11.9 Å². The molecule has 4 heteroatoms. The first kappa shape index (κ1) is 14.0. The Kier molecular flexibility index (Phi) is 4.57. The predicted octanol–water partition coefficient (Wildman–Crippen LogP) is 3.17. The smallest absolute Gasteiger partial charge is 0.313 e. The van der Waals surface area contributed by atoms with Gasteiger partial charge in [-0.15, -0.1) is 0 Å². The Hall–Kier alpha value is -1.03. The summed E-state index contributed by atoms with van der Waals surface area (Å²) in [4.78, 5) is 11.1. The fraction of sp³-hybridized carbons (Fsp3) is 0.462. The van der Waals surface area contributed by atoms with Crippen molar-refractivity contribution in [1.82, 2.24) is 0 Å². The van der Waals surface area contributed by atoms with Crippen LogP contribution >= 0.6 is 15.9 Å². The van der Waals surface area contributed by atoms with E-state index in [1.807, 2.05) is 32.0 Å². The third-order valence-corrected chi connectivity index (χ3v) is 3.94. The molecular weight excluding hydrogens is 284 g/mol. The maximum absolute atomic E-state index is 11.1. The lowest BCUT2D eigenvalue weighted by molar-refractivity contribution is -0.148. The van der Waals surface area contributed by atoms with E-state index in [2.05, 4.69) is 15.9 Å². The van der Waals surface area contributed by atoms with E-state index in [4.69, 9.17) is 9.84 Å². The van der Waals surface area contributed by atoms with Gasteiger partial charge in [0.25, 0.3) is 0 Å². The summed E-state index contributed by atoms with van der Waals surface area (Å²) in [5, 5.41) is 9.49. The van der Waals surface area contributed by atoms with E-state index in [-0.39, 0.29) is 6.61 Å². The average Bonchev–Trinajstić information content (AvgIpc) is 2.29. The van der Waals surface area contributed by atoms with Gasteiger partial charge >= 0.3 is 5.97 Å². The number of halogens is 1. The van der Waals surface area contributed by atoms with Crippen LogP contribution in [0.1, 0.15) is 18.1 Å². The minimum Gasteiger partial charge on any atom is -0.492 e. The molecule has 0 amide bonds. The van der Waals surface area contributed by atoms with Gasteiger partial charge in [-0.3, -0.25) is 4.79 Å². The van der Waals surface area contributed by atoms with Crippen LogP contribution < -0.4 is 4.74 Å². The van der Waals surface area contributed by atoms with Crippen molar-refractivity contribution >= 4 is 21.9 Å². The Morgan fingerprint density at radius 3 is 2.65 bits per heavy atom. The summed E-state index contributed by atoms with van der Waals surface area (Å²) in [6.07, 6.45) is 0. The molecule has 0 saturated carbocycles. The quantitative estimate of drug-likeness (QED) is 0.850. The van der Waals surface area contributed by atoms with Crippen molar-refractivity contribution < 1.29 is 14.6 Å². The molecule has 1 aromatic carbocycles. The number of hydrogen-bond donors (Lipinski definition) is 1. The van der Waals surface area contributed by atoms with E-state index >= 15 is 0 Å². The number of hydrogen-bond acceptors (Lipinski definition) is 2. The van der Waals surface area contributed by atoms with E-state index in [9.17, 15) is 4.79 Å². The molecule has 0 aliphatic rings. The predicted molar refractivity (Wildman–Crippen MR) is 70.9 cm³/mol. The van der Waals surface area contributed by atoms with Crippen molar-refractivity contribution in [3.05, 3.63) is 29.3 Å². The Morgan fingerprint density at radius 2 is 2.12 bits per heavy atom. The molecule has 94 valence electrons. The third-order valence-electron chi connectivity index (χ3n) is 2.70. The lowest BCUT2D eigenvalue weighted by Crippen LogP contribution is -2.35. The zero-order valence-electron chi connectivity index (χ0n) is 10.3. The molecule has 0 aliphatic heterocycles. The minimum atomic E-state index is -0.907. The second-order valence-electron chi connectivity index (χ2n) is 4.56. The Morgan fingerprint density at radius 1 is 1.47 bits per heavy atom. The van der Waals surface area contributed by atoms with Gasteiger partial charge in [0, 0.05) is 5.33 Å². The number of carbonyl (C=O) groups is 1. The van der Waals surface area contributed by atoms with Crippen LogP contribution in [0.15, 0.2) is 18.2 Å². The fourth-order valence-corrected chi connectivity index (χ4v) is 1.66. The summed E-state index contributed by atoms with van der Waals surface area (Å²) >= 11 is 3.22. The number of ether oxygens (including phenoxy) is 1. The number of aliphatic carboxylic acids is 1. The molecule has 0 radical (unpaired) electrons. The molecule has 0 spiro atoms. The number of benzene rings is 1. The Bertz CT molecular complexity index is 417. The summed E-state index contributed by atoms with van der Waals surface area (Å²) < 4.78 is 5.62. The van der Waals surface area contributed by atoms with Crippen molar-refractivity contribution in [2.24, 2.45) is 5.41 Å². The molecule has 0 saturated heterocycles. The van der Waals surface area contributed by atoms with Gasteiger partial charge in [-0.05, 0) is 38.0 Å². The van der Waals surface area contributed by atoms with E-state index in [1.165, 1.54) is 0 Å². The lowest BCUT2D eigenvalue weighted by atomic mass is 9.95. The Balaban J connectivity index is 2.79. The molecule has 0 bridgehead atoms. The third kappa shape index (κ3) is 3.46. The molecule has 0 aromatic heterocycles. The van der Waals surface area contributed by atoms with Crippen molar-refractivity contribution in [2.45, 2.75) is 20.8 Å². The molecule has 17 heavy (non-hydrogen) atoms. The number of carboxylic acid groups (broad SMARTS) is 1. The SMILES string of the molecule is Cc1ccc(C)c(OCC(C)(CBr)C(=O)O)c1. The number of alkyl halides is 1. The van der Waals surface area contributed by atoms with E-state index in [0.29, 0.717) is 5.33 Å². The summed E-state index contributed by atoms with van der Waals surface area (Å²) in [5.74, 6) is -0.113. The normalized spacial score (nSPS) is 14.1. The molecule has 0 fully saturated rings. The van der Waals surface area contributed by atoms with Gasteiger partial charge in [0.2, 0.25) is 0 Å². The first-order chi connectivity index (χ1) is 7.89. The summed E-state index contributed by atoms with van der Waals surface area (Å²) in [6, 6.07) is 5.89. The van der Waals surface area contributed by atoms with Crippen molar-refractivity contribution in [3.63, 3.8) is 0 Å². The molecule has 1 unspecified atom stereocenters. The molecule has 0 heterocycles. The van der Waals surface area contributed by atoms with E-state index in [0.717, 1.165) is 16.9 Å². The summed E-state index contributed by atoms with van der Waals surface area (Å²) in [7, 11) is 0. The van der Waals surface area contributed by atoms with Crippen molar-refractivity contribution in [3.8, 4) is 5.75 Å². The molecular formula is C13H17BrO3. The molecule has 0 aliphatic carbocycles. The van der Waals surface area contributed by atoms with Gasteiger partial charge in [-0.25, -0.2) is 0 Å². The Labute approximate surface area is 110 Å². The number of rotatable bonds is 5. The van der Waals surface area contributed by atoms with Gasteiger partial charge in [0.15, 0.2) is 0 Å². The zero-order valence-corrected chi connectivity index (χ0v) is 11.9. The molecule has 3 nitrogen and oxygen atoms in total. The summed E-state index contributed by atoms with van der Waals surface area (Å²) in [5.41, 5.74) is 1.20. The molecule has 1 N–H and O–H groups in total. The van der Waals surface area contributed by atoms with Gasteiger partial charge < -0.3 is 9.84 Å². The van der Waals surface area contributed by atoms with Crippen LogP contribution in [0, 0.1) is 19.3 Å². The fourth-order valence-electron chi connectivity index (χ4n) is 1.26. The number of carboxylic acids is 1. The molecule has 1 aromatic rings. The molecule has 1 rings (SSSR count). The highest BCUT2D eigenvalue weighted by atomic mass is 79.9. The van der Waals surface area contributed by atoms with Crippen LogP contribution in [0.5, 0.6) is 5.75 Å². The minimum absolute atomic E-state index is 0.151. The van der Waals surface area contributed by atoms with Crippen LogP contribution in [-0.4, -0.2) is 23.0 Å². The van der Waals surface area contributed by atoms with E-state index in [1.54, 1.807) is 6.92 Å². The first-order valence-electron chi connectivity index (χ1n) is 5.38. The highest BCUT2D eigenvalue weighted by Crippen LogP contribution is 2.25. The van der Waals surface area contributed by atoms with Gasteiger partial charge in [0.1, 0.15) is 17.8 Å². The van der Waals surface area contributed by atoms with Crippen LogP contribution in [-0.2, 0) is 4.79 Å². The maximum atomic E-state index is 11.1. The van der Waals surface area contributed by atoms with Gasteiger partial charge in [-0.1, -0.05) is 28.1 Å². The van der Waals surface area contributed by atoms with Crippen LogP contribution in [0.25, 0.3) is 0 Å². The van der Waals surface area contributed by atoms with Crippen LogP contribution in [0.4, 0.5) is 0 Å². The standard InChI is InChI=1S/C13H17BrO3/c1-9-4-5-10(2)11(6-9)17-8-13(3,7-14)12(15)16/h4-6H,7-8H2,1-3H3,(H,15,16).